The van der Waals surface area contributed by atoms with Crippen LogP contribution in [-0.2, 0) is 47.7 Å². The van der Waals surface area contributed by atoms with Crippen molar-refractivity contribution in [2.75, 3.05) is 21.3 Å². The van der Waals surface area contributed by atoms with Crippen LogP contribution < -0.4 is 0 Å². The molecule has 158 valence electrons. The Kier molecular flexibility index (Phi) is 9.03. The first kappa shape index (κ1) is 24.8. The minimum Gasteiger partial charge on any atom is -0.481 e. The third-order valence-corrected chi connectivity index (χ3v) is 3.46. The molecule has 0 bridgehead atoms. The van der Waals surface area contributed by atoms with E-state index in [0.717, 1.165) is 21.3 Å². The number of carboxylic acid groups (broad SMARTS) is 2. The normalized spacial score (nSPS) is 12.9. The van der Waals surface area contributed by atoms with Gasteiger partial charge in [0.15, 0.2) is 5.60 Å². The molecule has 0 aromatic heterocycles. The highest BCUT2D eigenvalue weighted by molar-refractivity contribution is 5.94. The van der Waals surface area contributed by atoms with E-state index in [1.807, 2.05) is 0 Å². The number of esters is 4. The van der Waals surface area contributed by atoms with Gasteiger partial charge < -0.3 is 34.3 Å². The first-order valence-corrected chi connectivity index (χ1v) is 7.47. The Morgan fingerprint density at radius 3 is 1.50 bits per heavy atom. The van der Waals surface area contributed by atoms with Crippen molar-refractivity contribution in [3.63, 3.8) is 0 Å². The molecule has 0 heterocycles. The van der Waals surface area contributed by atoms with Gasteiger partial charge in [0, 0.05) is 0 Å². The predicted molar refractivity (Wildman–Crippen MR) is 83.6 cm³/mol. The second-order valence-electron chi connectivity index (χ2n) is 5.55. The van der Waals surface area contributed by atoms with E-state index < -0.39 is 72.7 Å². The molecule has 3 N–H and O–H groups in total. The third kappa shape index (κ3) is 6.83. The van der Waals surface area contributed by atoms with E-state index >= 15 is 0 Å². The van der Waals surface area contributed by atoms with E-state index in [-0.39, 0.29) is 0 Å². The lowest BCUT2D eigenvalue weighted by Crippen LogP contribution is -2.50. The molecule has 13 nitrogen and oxygen atoms in total. The number of hydrogen-bond acceptors (Lipinski definition) is 11. The van der Waals surface area contributed by atoms with E-state index in [4.69, 9.17) is 14.9 Å². The van der Waals surface area contributed by atoms with Gasteiger partial charge in [-0.1, -0.05) is 0 Å². The molecule has 0 aromatic rings. The number of methoxy groups -OCH3 is 3. The molecule has 0 aliphatic rings. The van der Waals surface area contributed by atoms with Crippen molar-refractivity contribution in [2.45, 2.75) is 36.9 Å². The Labute approximate surface area is 158 Å². The van der Waals surface area contributed by atoms with Crippen LogP contribution >= 0.6 is 0 Å². The molecule has 0 saturated carbocycles. The summed E-state index contributed by atoms with van der Waals surface area (Å²) in [6, 6.07) is 0. The van der Waals surface area contributed by atoms with Crippen LogP contribution in [0.5, 0.6) is 0 Å². The Morgan fingerprint density at radius 1 is 0.714 bits per heavy atom. The summed E-state index contributed by atoms with van der Waals surface area (Å²) >= 11 is 0. The Hall–Kier alpha value is -3.22. The summed E-state index contributed by atoms with van der Waals surface area (Å²) < 4.78 is 18.0. The number of aliphatic hydroxyl groups is 1. The maximum absolute atomic E-state index is 12.2. The van der Waals surface area contributed by atoms with Crippen molar-refractivity contribution < 1.29 is 63.0 Å². The molecule has 0 aromatic carbocycles. The van der Waals surface area contributed by atoms with Gasteiger partial charge >= 0.3 is 35.8 Å². The van der Waals surface area contributed by atoms with Gasteiger partial charge in [-0.3, -0.25) is 19.2 Å². The van der Waals surface area contributed by atoms with E-state index in [0.29, 0.717) is 0 Å². The molecular formula is C15H20O13. The van der Waals surface area contributed by atoms with Crippen LogP contribution in [0.2, 0.25) is 0 Å². The number of hydrogen-bond donors (Lipinski definition) is 3. The number of carbonyl (C=O) groups is 6. The Balaban J connectivity index is 5.89. The third-order valence-electron chi connectivity index (χ3n) is 3.46. The van der Waals surface area contributed by atoms with Crippen molar-refractivity contribution in [2.24, 2.45) is 0 Å². The molecule has 0 aliphatic carbocycles. The van der Waals surface area contributed by atoms with Crippen LogP contribution in [0.25, 0.3) is 0 Å². The van der Waals surface area contributed by atoms with Gasteiger partial charge in [-0.25, -0.2) is 9.59 Å². The summed E-state index contributed by atoms with van der Waals surface area (Å²) in [6.45, 7) is 0. The summed E-state index contributed by atoms with van der Waals surface area (Å²) in [4.78, 5) is 69.5. The minimum absolute atomic E-state index is 0.859. The monoisotopic (exact) mass is 408 g/mol. The quantitative estimate of drug-likeness (QED) is 0.257. The molecule has 0 saturated heterocycles. The molecule has 0 spiro atoms. The van der Waals surface area contributed by atoms with Crippen molar-refractivity contribution in [1.82, 2.24) is 0 Å². The molecule has 0 rings (SSSR count). The van der Waals surface area contributed by atoms with Gasteiger partial charge in [0.05, 0.1) is 47.0 Å². The lowest BCUT2D eigenvalue weighted by Gasteiger charge is -2.30. The second-order valence-corrected chi connectivity index (χ2v) is 5.55. The van der Waals surface area contributed by atoms with E-state index in [1.165, 1.54) is 0 Å². The van der Waals surface area contributed by atoms with Gasteiger partial charge in [-0.05, 0) is 0 Å². The summed E-state index contributed by atoms with van der Waals surface area (Å²) in [7, 11) is 2.75. The highest BCUT2D eigenvalue weighted by Gasteiger charge is 2.50. The van der Waals surface area contributed by atoms with Crippen molar-refractivity contribution in [1.29, 1.82) is 0 Å². The van der Waals surface area contributed by atoms with E-state index in [1.54, 1.807) is 0 Å². The fourth-order valence-corrected chi connectivity index (χ4v) is 2.07. The van der Waals surface area contributed by atoms with Crippen LogP contribution in [0, 0.1) is 0 Å². The summed E-state index contributed by atoms with van der Waals surface area (Å²) in [5, 5.41) is 27.6. The molecule has 0 amide bonds. The summed E-state index contributed by atoms with van der Waals surface area (Å²) in [5.41, 5.74) is -5.66. The standard InChI is InChI=1S/C15H20O13/c1-25-9(18)6-15(13(23)27-3,7-10(19)26-2)28-11(20)5-14(24,12(21)22)4-8(16)17/h24H,4-7H2,1-3H3,(H,16,17)(H,21,22). The number of rotatable bonds is 11. The highest BCUT2D eigenvalue weighted by Crippen LogP contribution is 2.27. The molecule has 0 radical (unpaired) electrons. The van der Waals surface area contributed by atoms with E-state index in [9.17, 15) is 33.9 Å². The molecular weight excluding hydrogens is 388 g/mol. The Bertz CT molecular complexity index is 634. The average Bonchev–Trinajstić information content (AvgIpc) is 2.59. The highest BCUT2D eigenvalue weighted by atomic mass is 16.6. The topological polar surface area (TPSA) is 200 Å². The maximum atomic E-state index is 12.2. The SMILES string of the molecule is COC(=O)CC(CC(=O)OC)(OC(=O)CC(O)(CC(=O)O)C(=O)O)C(=O)OC. The smallest absolute Gasteiger partial charge is 0.351 e. The predicted octanol–water partition coefficient (Wildman–Crippen LogP) is -1.75. The zero-order valence-corrected chi connectivity index (χ0v) is 15.3. The molecule has 28 heavy (non-hydrogen) atoms. The average molecular weight is 408 g/mol. The number of ether oxygens (including phenoxy) is 4. The Morgan fingerprint density at radius 2 is 1.18 bits per heavy atom. The maximum Gasteiger partial charge on any atom is 0.351 e. The minimum atomic E-state index is -3.07. The second kappa shape index (κ2) is 10.2. The van der Waals surface area contributed by atoms with Gasteiger partial charge in [-0.15, -0.1) is 0 Å². The summed E-state index contributed by atoms with van der Waals surface area (Å²) in [6.07, 6.45) is -4.77. The van der Waals surface area contributed by atoms with E-state index in [2.05, 4.69) is 14.2 Å². The molecule has 0 aliphatic heterocycles. The number of aliphatic carboxylic acids is 2. The van der Waals surface area contributed by atoms with Crippen LogP contribution in [0.15, 0.2) is 0 Å². The van der Waals surface area contributed by atoms with Crippen LogP contribution in [-0.4, -0.2) is 83.7 Å². The summed E-state index contributed by atoms with van der Waals surface area (Å²) in [5.74, 6) is -8.93. The fourth-order valence-electron chi connectivity index (χ4n) is 2.07. The van der Waals surface area contributed by atoms with Crippen LogP contribution in [0.1, 0.15) is 25.7 Å². The van der Waals surface area contributed by atoms with Gasteiger partial charge in [0.25, 0.3) is 0 Å². The lowest BCUT2D eigenvalue weighted by atomic mass is 9.93. The zero-order valence-electron chi connectivity index (χ0n) is 15.3. The molecule has 0 fully saturated rings. The van der Waals surface area contributed by atoms with Gasteiger partial charge in [0.1, 0.15) is 0 Å². The van der Waals surface area contributed by atoms with Crippen molar-refractivity contribution >= 4 is 35.8 Å². The van der Waals surface area contributed by atoms with Crippen molar-refractivity contribution in [3.05, 3.63) is 0 Å². The molecule has 1 atom stereocenters. The first-order chi connectivity index (χ1) is 12.9. The van der Waals surface area contributed by atoms with Gasteiger partial charge in [0.2, 0.25) is 5.60 Å². The fraction of sp³-hybridized carbons (Fsp3) is 0.600. The zero-order chi connectivity index (χ0) is 22.1. The number of carboxylic acids is 2. The van der Waals surface area contributed by atoms with Crippen molar-refractivity contribution in [3.8, 4) is 0 Å². The largest absolute Gasteiger partial charge is 0.481 e. The molecule has 13 heteroatoms. The van der Waals surface area contributed by atoms with Crippen LogP contribution in [0.4, 0.5) is 0 Å². The molecule has 1 unspecified atom stereocenters. The van der Waals surface area contributed by atoms with Crippen LogP contribution in [0.3, 0.4) is 0 Å². The first-order valence-electron chi connectivity index (χ1n) is 7.47. The lowest BCUT2D eigenvalue weighted by molar-refractivity contribution is -0.193. The van der Waals surface area contributed by atoms with Gasteiger partial charge in [-0.2, -0.15) is 0 Å². The number of carbonyl (C=O) groups excluding carboxylic acids is 4.